The van der Waals surface area contributed by atoms with E-state index in [4.69, 9.17) is 9.47 Å². The predicted molar refractivity (Wildman–Crippen MR) is 211 cm³/mol. The van der Waals surface area contributed by atoms with Crippen LogP contribution in [0.15, 0.2) is 194 Å². The molecule has 8 aromatic rings. The summed E-state index contributed by atoms with van der Waals surface area (Å²) >= 11 is 0. The van der Waals surface area contributed by atoms with Gasteiger partial charge in [0, 0.05) is 44.8 Å². The van der Waals surface area contributed by atoms with E-state index in [9.17, 15) is 0 Å². The molecule has 1 spiro atoms. The number of ether oxygens (including phenoxy) is 2. The molecule has 0 saturated heterocycles. The molecule has 246 valence electrons. The smallest absolute Gasteiger partial charge is 0.140 e. The Morgan fingerprint density at radius 2 is 0.923 bits per heavy atom. The van der Waals surface area contributed by atoms with Crippen LogP contribution in [0.5, 0.6) is 23.0 Å². The molecule has 1 unspecified atom stereocenters. The molecule has 0 fully saturated rings. The molecule has 1 N–H and O–H groups in total. The molecule has 0 bridgehead atoms. The number of hydrogen-bond acceptors (Lipinski definition) is 3. The van der Waals surface area contributed by atoms with Gasteiger partial charge in [-0.25, -0.2) is 0 Å². The van der Waals surface area contributed by atoms with Crippen LogP contribution in [0.3, 0.4) is 0 Å². The van der Waals surface area contributed by atoms with Crippen molar-refractivity contribution in [2.24, 2.45) is 0 Å². The monoisotopic (exact) mass is 667 g/mol. The van der Waals surface area contributed by atoms with Gasteiger partial charge in [0.1, 0.15) is 23.0 Å². The van der Waals surface area contributed by atoms with Gasteiger partial charge < -0.3 is 14.8 Å². The Hall–Kier alpha value is -6.84. The van der Waals surface area contributed by atoms with E-state index < -0.39 is 5.41 Å². The lowest BCUT2D eigenvalue weighted by Crippen LogP contribution is -2.37. The van der Waals surface area contributed by atoms with Gasteiger partial charge in [-0.05, 0) is 64.7 Å². The summed E-state index contributed by atoms with van der Waals surface area (Å²) in [6.45, 7) is 0. The fraction of sp³-hybridized carbons (Fsp3) is 0.0204. The summed E-state index contributed by atoms with van der Waals surface area (Å²) in [6.07, 6.45) is 0. The highest BCUT2D eigenvalue weighted by Gasteiger charge is 2.51. The summed E-state index contributed by atoms with van der Waals surface area (Å²) in [5.41, 5.74) is 12.3. The molecule has 10 rings (SSSR count). The van der Waals surface area contributed by atoms with Gasteiger partial charge in [-0.2, -0.15) is 0 Å². The maximum absolute atomic E-state index is 7.05. The van der Waals surface area contributed by atoms with Crippen LogP contribution in [-0.4, -0.2) is 0 Å². The van der Waals surface area contributed by atoms with Crippen LogP contribution in [0.2, 0.25) is 0 Å². The van der Waals surface area contributed by atoms with Gasteiger partial charge in [-0.1, -0.05) is 152 Å². The second-order valence-electron chi connectivity index (χ2n) is 13.3. The van der Waals surface area contributed by atoms with Crippen molar-refractivity contribution in [2.45, 2.75) is 5.41 Å². The summed E-state index contributed by atoms with van der Waals surface area (Å²) in [7, 11) is 0. The van der Waals surface area contributed by atoms with E-state index in [2.05, 4.69) is 187 Å². The summed E-state index contributed by atoms with van der Waals surface area (Å²) in [5.74, 6) is 3.36. The Labute approximate surface area is 303 Å². The van der Waals surface area contributed by atoms with Crippen LogP contribution < -0.4 is 14.8 Å². The molecule has 0 saturated carbocycles. The zero-order valence-corrected chi connectivity index (χ0v) is 28.3. The molecule has 0 radical (unpaired) electrons. The van der Waals surface area contributed by atoms with E-state index in [0.29, 0.717) is 0 Å². The molecule has 1 atom stereocenters. The van der Waals surface area contributed by atoms with E-state index in [1.807, 2.05) is 12.1 Å². The van der Waals surface area contributed by atoms with Gasteiger partial charge in [0.25, 0.3) is 0 Å². The Balaban J connectivity index is 1.23. The predicted octanol–water partition coefficient (Wildman–Crippen LogP) is 13.0. The molecule has 2 heterocycles. The average molecular weight is 668 g/mol. The molecule has 0 amide bonds. The van der Waals surface area contributed by atoms with Gasteiger partial charge in [0.15, 0.2) is 0 Å². The highest BCUT2D eigenvalue weighted by atomic mass is 16.5. The van der Waals surface area contributed by atoms with Crippen LogP contribution in [0.4, 0.5) is 11.4 Å². The van der Waals surface area contributed by atoms with E-state index in [0.717, 1.165) is 90.0 Å². The lowest BCUT2D eigenvalue weighted by Gasteiger charge is -2.45. The maximum atomic E-state index is 7.05. The first kappa shape index (κ1) is 30.0. The Kier molecular flexibility index (Phi) is 7.04. The van der Waals surface area contributed by atoms with Gasteiger partial charge in [-0.3, -0.25) is 0 Å². The second-order valence-corrected chi connectivity index (χ2v) is 13.3. The van der Waals surface area contributed by atoms with Crippen molar-refractivity contribution >= 4 is 11.4 Å². The molecule has 2 aliphatic heterocycles. The summed E-state index contributed by atoms with van der Waals surface area (Å²) in [5, 5.41) is 3.72. The summed E-state index contributed by atoms with van der Waals surface area (Å²) < 4.78 is 13.8. The van der Waals surface area contributed by atoms with E-state index >= 15 is 0 Å². The number of anilines is 2. The van der Waals surface area contributed by atoms with E-state index in [-0.39, 0.29) is 0 Å². The van der Waals surface area contributed by atoms with Crippen molar-refractivity contribution in [1.82, 2.24) is 0 Å². The van der Waals surface area contributed by atoms with Gasteiger partial charge in [0.05, 0.1) is 5.41 Å². The molecule has 8 aromatic carbocycles. The van der Waals surface area contributed by atoms with Crippen LogP contribution in [0.1, 0.15) is 22.3 Å². The molecule has 2 aliphatic rings. The zero-order valence-electron chi connectivity index (χ0n) is 28.3. The third kappa shape index (κ3) is 4.74. The van der Waals surface area contributed by atoms with Crippen molar-refractivity contribution in [1.29, 1.82) is 0 Å². The molecule has 0 aromatic heterocycles. The van der Waals surface area contributed by atoms with Crippen molar-refractivity contribution in [3.05, 3.63) is 216 Å². The fourth-order valence-corrected chi connectivity index (χ4v) is 8.08. The molecule has 52 heavy (non-hydrogen) atoms. The average Bonchev–Trinajstić information content (AvgIpc) is 3.21. The first-order valence-electron chi connectivity index (χ1n) is 17.7. The highest BCUT2D eigenvalue weighted by Crippen LogP contribution is 2.63. The number of rotatable bonds is 5. The van der Waals surface area contributed by atoms with E-state index in [1.165, 1.54) is 0 Å². The summed E-state index contributed by atoms with van der Waals surface area (Å²) in [6, 6.07) is 68.2. The normalized spacial score (nSPS) is 14.9. The van der Waals surface area contributed by atoms with Gasteiger partial charge >= 0.3 is 0 Å². The fourth-order valence-electron chi connectivity index (χ4n) is 8.08. The maximum Gasteiger partial charge on any atom is 0.140 e. The number of benzene rings is 8. The van der Waals surface area contributed by atoms with Crippen molar-refractivity contribution in [3.8, 4) is 56.4 Å². The molecule has 3 heteroatoms. The van der Waals surface area contributed by atoms with Gasteiger partial charge in [-0.15, -0.1) is 0 Å². The minimum Gasteiger partial charge on any atom is -0.457 e. The Morgan fingerprint density at radius 1 is 0.346 bits per heavy atom. The number of fused-ring (bicyclic) bond motifs is 8. The Bertz CT molecular complexity index is 2590. The first-order valence-corrected chi connectivity index (χ1v) is 17.7. The topological polar surface area (TPSA) is 30.5 Å². The van der Waals surface area contributed by atoms with Gasteiger partial charge in [0.2, 0.25) is 0 Å². The SMILES string of the molecule is c1ccc(Nc2cc(-c3cccc4c3Oc3ccccc3C43c4ccccc4Oc4ccc(-c5ccccc5)cc43)ccc2-c2ccccc2)cc1. The summed E-state index contributed by atoms with van der Waals surface area (Å²) in [4.78, 5) is 0. The number of hydrogen-bond donors (Lipinski definition) is 1. The Morgan fingerprint density at radius 3 is 1.65 bits per heavy atom. The second kappa shape index (κ2) is 12.2. The number of nitrogens with one attached hydrogen (secondary N) is 1. The van der Waals surface area contributed by atoms with E-state index in [1.54, 1.807) is 0 Å². The molecule has 3 nitrogen and oxygen atoms in total. The van der Waals surface area contributed by atoms with Crippen molar-refractivity contribution < 1.29 is 9.47 Å². The standard InChI is InChI=1S/C49H33NO2/c1-4-15-33(16-5-1)35-28-30-47-43(31-35)49(40-22-10-12-25-45(40)51-47)41-23-11-13-26-46(41)52-48-39(21-14-24-42(48)49)36-27-29-38(34-17-6-2-7-18-34)44(32-36)50-37-19-8-3-9-20-37/h1-32,50H. The molecular weight excluding hydrogens is 635 g/mol. The zero-order chi connectivity index (χ0) is 34.5. The number of para-hydroxylation sites is 4. The van der Waals surface area contributed by atoms with Crippen molar-refractivity contribution in [2.75, 3.05) is 5.32 Å². The van der Waals surface area contributed by atoms with Crippen LogP contribution in [0.25, 0.3) is 33.4 Å². The van der Waals surface area contributed by atoms with Crippen LogP contribution in [-0.2, 0) is 5.41 Å². The largest absolute Gasteiger partial charge is 0.457 e. The first-order chi connectivity index (χ1) is 25.8. The molecular formula is C49H33NO2. The minimum absolute atomic E-state index is 0.704. The highest BCUT2D eigenvalue weighted by molar-refractivity contribution is 5.88. The third-order valence-corrected chi connectivity index (χ3v) is 10.4. The lowest BCUT2D eigenvalue weighted by molar-refractivity contribution is 0.400. The third-order valence-electron chi connectivity index (χ3n) is 10.4. The molecule has 0 aliphatic carbocycles. The minimum atomic E-state index is -0.704. The van der Waals surface area contributed by atoms with Crippen LogP contribution in [0, 0.1) is 0 Å². The quantitative estimate of drug-likeness (QED) is 0.198. The lowest BCUT2D eigenvalue weighted by atomic mass is 9.61. The van der Waals surface area contributed by atoms with Crippen molar-refractivity contribution in [3.63, 3.8) is 0 Å². The van der Waals surface area contributed by atoms with Crippen LogP contribution >= 0.6 is 0 Å².